The van der Waals surface area contributed by atoms with Gasteiger partial charge in [0.1, 0.15) is 5.67 Å². The van der Waals surface area contributed by atoms with Crippen molar-refractivity contribution >= 4 is 0 Å². The van der Waals surface area contributed by atoms with Crippen molar-refractivity contribution in [3.8, 4) is 0 Å². The number of hydrogen-bond donors (Lipinski definition) is 1. The number of rotatable bonds is 2. The molecule has 2 aliphatic rings. The van der Waals surface area contributed by atoms with Crippen LogP contribution in [0.3, 0.4) is 0 Å². The monoisotopic (exact) mass is 219 g/mol. The Morgan fingerprint density at radius 2 is 1.62 bits per heavy atom. The molecule has 16 heavy (non-hydrogen) atoms. The predicted molar refractivity (Wildman–Crippen MR) is 62.8 cm³/mol. The average Bonchev–Trinajstić information content (AvgIpc) is 2.89. The summed E-state index contributed by atoms with van der Waals surface area (Å²) >= 11 is 0. The van der Waals surface area contributed by atoms with E-state index in [0.717, 1.165) is 36.8 Å². The van der Waals surface area contributed by atoms with Gasteiger partial charge in [0.15, 0.2) is 0 Å². The van der Waals surface area contributed by atoms with E-state index in [-0.39, 0.29) is 5.54 Å². The van der Waals surface area contributed by atoms with Crippen molar-refractivity contribution in [1.29, 1.82) is 0 Å². The molecule has 0 bridgehead atoms. The first-order valence-electron chi connectivity index (χ1n) is 6.21. The van der Waals surface area contributed by atoms with Crippen molar-refractivity contribution in [2.24, 2.45) is 5.73 Å². The quantitative estimate of drug-likeness (QED) is 0.810. The predicted octanol–water partition coefficient (Wildman–Crippen LogP) is 3.37. The molecule has 1 nitrogen and oxygen atoms in total. The van der Waals surface area contributed by atoms with Crippen molar-refractivity contribution in [3.63, 3.8) is 0 Å². The van der Waals surface area contributed by atoms with Gasteiger partial charge in [-0.3, -0.25) is 0 Å². The Labute approximate surface area is 95.8 Å². The molecule has 1 aromatic carbocycles. The summed E-state index contributed by atoms with van der Waals surface area (Å²) in [5.74, 6) is 0. The van der Waals surface area contributed by atoms with E-state index in [2.05, 4.69) is 0 Å². The summed E-state index contributed by atoms with van der Waals surface area (Å²) in [6.07, 6.45) is 5.44. The summed E-state index contributed by atoms with van der Waals surface area (Å²) in [5, 5.41) is 0. The highest BCUT2D eigenvalue weighted by Gasteiger charge is 2.41. The third-order valence-corrected chi connectivity index (χ3v) is 4.14. The summed E-state index contributed by atoms with van der Waals surface area (Å²) in [7, 11) is 0. The number of halogens is 1. The molecule has 1 aromatic rings. The Bertz CT molecular complexity index is 403. The summed E-state index contributed by atoms with van der Waals surface area (Å²) in [6.45, 7) is 0. The maximum absolute atomic E-state index is 14.6. The summed E-state index contributed by atoms with van der Waals surface area (Å²) in [4.78, 5) is 0. The normalized spacial score (nSPS) is 25.6. The van der Waals surface area contributed by atoms with E-state index < -0.39 is 5.67 Å². The molecule has 0 radical (unpaired) electrons. The number of nitrogens with two attached hydrogens (primary N) is 1. The van der Waals surface area contributed by atoms with Crippen LogP contribution in [0.2, 0.25) is 0 Å². The van der Waals surface area contributed by atoms with Gasteiger partial charge in [0.2, 0.25) is 0 Å². The maximum atomic E-state index is 14.6. The zero-order valence-electron chi connectivity index (χ0n) is 9.51. The lowest BCUT2D eigenvalue weighted by Crippen LogP contribution is -2.21. The van der Waals surface area contributed by atoms with Crippen molar-refractivity contribution in [3.05, 3.63) is 35.4 Å². The Morgan fingerprint density at radius 3 is 2.25 bits per heavy atom. The van der Waals surface area contributed by atoms with Crippen LogP contribution in [0.1, 0.15) is 49.7 Å². The Morgan fingerprint density at radius 1 is 1.00 bits per heavy atom. The molecule has 0 atom stereocenters. The molecule has 2 fully saturated rings. The van der Waals surface area contributed by atoms with Gasteiger partial charge in [-0.25, -0.2) is 4.39 Å². The summed E-state index contributed by atoms with van der Waals surface area (Å²) in [5.41, 5.74) is 6.89. The van der Waals surface area contributed by atoms with Crippen LogP contribution in [-0.2, 0) is 11.2 Å². The molecule has 0 unspecified atom stereocenters. The Balaban J connectivity index is 1.96. The van der Waals surface area contributed by atoms with E-state index in [9.17, 15) is 4.39 Å². The minimum absolute atomic E-state index is 0.148. The van der Waals surface area contributed by atoms with E-state index in [4.69, 9.17) is 5.73 Å². The minimum Gasteiger partial charge on any atom is -0.321 e. The molecule has 0 aliphatic heterocycles. The van der Waals surface area contributed by atoms with Gasteiger partial charge in [0.25, 0.3) is 0 Å². The SMILES string of the molecule is NC1(c2cccc(C3(F)CCCC3)c2)CC1. The fraction of sp³-hybridized carbons (Fsp3) is 0.571. The topological polar surface area (TPSA) is 26.0 Å². The molecule has 0 aromatic heterocycles. The third kappa shape index (κ3) is 1.56. The molecule has 2 aliphatic carbocycles. The van der Waals surface area contributed by atoms with E-state index >= 15 is 0 Å². The second kappa shape index (κ2) is 3.30. The van der Waals surface area contributed by atoms with Gasteiger partial charge in [0, 0.05) is 5.54 Å². The molecule has 0 amide bonds. The standard InChI is InChI=1S/C14H18FN/c15-13(6-1-2-7-13)11-4-3-5-12(10-11)14(16)8-9-14/h3-5,10H,1-2,6-9,16H2. The lowest BCUT2D eigenvalue weighted by molar-refractivity contribution is 0.174. The molecular formula is C14H18FN. The van der Waals surface area contributed by atoms with E-state index in [1.807, 2.05) is 24.3 Å². The molecule has 0 saturated heterocycles. The van der Waals surface area contributed by atoms with E-state index in [0.29, 0.717) is 12.8 Å². The van der Waals surface area contributed by atoms with Gasteiger partial charge in [0.05, 0.1) is 0 Å². The maximum Gasteiger partial charge on any atom is 0.136 e. The van der Waals surface area contributed by atoms with Gasteiger partial charge in [-0.15, -0.1) is 0 Å². The smallest absolute Gasteiger partial charge is 0.136 e. The van der Waals surface area contributed by atoms with Crippen molar-refractivity contribution in [1.82, 2.24) is 0 Å². The molecule has 0 spiro atoms. The van der Waals surface area contributed by atoms with Crippen LogP contribution in [0.25, 0.3) is 0 Å². The summed E-state index contributed by atoms with van der Waals surface area (Å²) in [6, 6.07) is 7.91. The van der Waals surface area contributed by atoms with Gasteiger partial charge >= 0.3 is 0 Å². The largest absolute Gasteiger partial charge is 0.321 e. The second-order valence-electron chi connectivity index (χ2n) is 5.41. The minimum atomic E-state index is -1.08. The van der Waals surface area contributed by atoms with Gasteiger partial charge < -0.3 is 5.73 Å². The van der Waals surface area contributed by atoms with Crippen LogP contribution in [0.4, 0.5) is 4.39 Å². The highest BCUT2D eigenvalue weighted by Crippen LogP contribution is 2.46. The first-order valence-corrected chi connectivity index (χ1v) is 6.21. The summed E-state index contributed by atoms with van der Waals surface area (Å²) < 4.78 is 14.6. The van der Waals surface area contributed by atoms with Crippen LogP contribution in [0, 0.1) is 0 Å². The highest BCUT2D eigenvalue weighted by molar-refractivity contribution is 5.36. The zero-order valence-corrected chi connectivity index (χ0v) is 9.51. The molecule has 2 N–H and O–H groups in total. The van der Waals surface area contributed by atoms with Gasteiger partial charge in [-0.05, 0) is 49.7 Å². The molecule has 3 rings (SSSR count). The molecule has 2 saturated carbocycles. The van der Waals surface area contributed by atoms with Crippen LogP contribution in [0.5, 0.6) is 0 Å². The van der Waals surface area contributed by atoms with Crippen LogP contribution in [-0.4, -0.2) is 0 Å². The zero-order chi connectivity index (χ0) is 11.2. The fourth-order valence-electron chi connectivity index (χ4n) is 2.76. The molecule has 0 heterocycles. The lowest BCUT2D eigenvalue weighted by atomic mass is 9.91. The van der Waals surface area contributed by atoms with Gasteiger partial charge in [-0.2, -0.15) is 0 Å². The fourth-order valence-corrected chi connectivity index (χ4v) is 2.76. The molecule has 2 heteroatoms. The molecular weight excluding hydrogens is 201 g/mol. The van der Waals surface area contributed by atoms with Crippen molar-refractivity contribution < 1.29 is 4.39 Å². The third-order valence-electron chi connectivity index (χ3n) is 4.14. The highest BCUT2D eigenvalue weighted by atomic mass is 19.1. The first-order chi connectivity index (χ1) is 7.62. The number of alkyl halides is 1. The first kappa shape index (κ1) is 10.3. The second-order valence-corrected chi connectivity index (χ2v) is 5.41. The number of benzene rings is 1. The van der Waals surface area contributed by atoms with E-state index in [1.54, 1.807) is 0 Å². The Kier molecular flexibility index (Phi) is 2.12. The van der Waals surface area contributed by atoms with E-state index in [1.165, 1.54) is 0 Å². The van der Waals surface area contributed by atoms with Gasteiger partial charge in [-0.1, -0.05) is 24.3 Å². The van der Waals surface area contributed by atoms with Crippen molar-refractivity contribution in [2.45, 2.75) is 49.7 Å². The van der Waals surface area contributed by atoms with Crippen molar-refractivity contribution in [2.75, 3.05) is 0 Å². The number of hydrogen-bond acceptors (Lipinski definition) is 1. The Hall–Kier alpha value is -0.890. The van der Waals surface area contributed by atoms with Crippen LogP contribution < -0.4 is 5.73 Å². The van der Waals surface area contributed by atoms with Crippen LogP contribution in [0.15, 0.2) is 24.3 Å². The van der Waals surface area contributed by atoms with Crippen LogP contribution >= 0.6 is 0 Å². The molecule has 86 valence electrons. The lowest BCUT2D eigenvalue weighted by Gasteiger charge is -2.21. The average molecular weight is 219 g/mol.